The zero-order valence-corrected chi connectivity index (χ0v) is 12.7. The Balaban J connectivity index is 1.68. The number of furan rings is 1. The third-order valence-corrected chi connectivity index (χ3v) is 3.30. The number of rotatable bonds is 5. The Hall–Kier alpha value is -3.22. The highest BCUT2D eigenvalue weighted by atomic mass is 19.3. The molecule has 0 aliphatic rings. The minimum Gasteiger partial charge on any atom is -0.451 e. The van der Waals surface area contributed by atoms with E-state index in [0.29, 0.717) is 17.0 Å². The lowest BCUT2D eigenvalue weighted by molar-refractivity contribution is -0.0498. The third-order valence-electron chi connectivity index (χ3n) is 3.30. The van der Waals surface area contributed by atoms with Crippen LogP contribution in [0, 0.1) is 5.82 Å². The molecule has 3 rings (SSSR count). The molecule has 7 heteroatoms. The standard InChI is InChI=1S/C18H12F3NO3/c19-12-3-1-11(2-4-12)15-9-10-16(25-15)17(23)22-13-5-7-14(8-6-13)24-18(20)21/h1-10,18H,(H,22,23). The summed E-state index contributed by atoms with van der Waals surface area (Å²) in [5, 5.41) is 2.58. The van der Waals surface area contributed by atoms with Crippen molar-refractivity contribution in [2.45, 2.75) is 6.61 Å². The van der Waals surface area contributed by atoms with Crippen LogP contribution in [-0.4, -0.2) is 12.5 Å². The quantitative estimate of drug-likeness (QED) is 0.711. The highest BCUT2D eigenvalue weighted by molar-refractivity contribution is 6.02. The van der Waals surface area contributed by atoms with E-state index < -0.39 is 12.5 Å². The van der Waals surface area contributed by atoms with Gasteiger partial charge in [0.2, 0.25) is 0 Å². The van der Waals surface area contributed by atoms with Crippen molar-refractivity contribution in [2.24, 2.45) is 0 Å². The molecule has 0 radical (unpaired) electrons. The largest absolute Gasteiger partial charge is 0.451 e. The number of benzene rings is 2. The zero-order chi connectivity index (χ0) is 17.8. The van der Waals surface area contributed by atoms with Gasteiger partial charge in [-0.15, -0.1) is 0 Å². The molecule has 1 N–H and O–H groups in total. The molecule has 25 heavy (non-hydrogen) atoms. The number of amides is 1. The molecule has 0 spiro atoms. The van der Waals surface area contributed by atoms with Gasteiger partial charge in [0, 0.05) is 11.3 Å². The van der Waals surface area contributed by atoms with Gasteiger partial charge in [0.25, 0.3) is 5.91 Å². The topological polar surface area (TPSA) is 51.5 Å². The van der Waals surface area contributed by atoms with Crippen LogP contribution in [0.1, 0.15) is 10.6 Å². The summed E-state index contributed by atoms with van der Waals surface area (Å²) in [6.45, 7) is -2.91. The molecule has 4 nitrogen and oxygen atoms in total. The van der Waals surface area contributed by atoms with Gasteiger partial charge in [-0.05, 0) is 60.7 Å². The normalized spacial score (nSPS) is 10.7. The SMILES string of the molecule is O=C(Nc1ccc(OC(F)F)cc1)c1ccc(-c2ccc(F)cc2)o1. The van der Waals surface area contributed by atoms with Crippen LogP contribution in [-0.2, 0) is 0 Å². The van der Waals surface area contributed by atoms with Gasteiger partial charge < -0.3 is 14.5 Å². The van der Waals surface area contributed by atoms with E-state index in [-0.39, 0.29) is 17.3 Å². The summed E-state index contributed by atoms with van der Waals surface area (Å²) in [6, 6.07) is 14.2. The number of alkyl halides is 2. The smallest absolute Gasteiger partial charge is 0.387 e. The molecule has 0 aliphatic carbocycles. The first-order valence-corrected chi connectivity index (χ1v) is 7.23. The van der Waals surface area contributed by atoms with Crippen LogP contribution in [0.15, 0.2) is 65.1 Å². The monoisotopic (exact) mass is 347 g/mol. The van der Waals surface area contributed by atoms with Crippen molar-refractivity contribution in [1.82, 2.24) is 0 Å². The Morgan fingerprint density at radius 3 is 2.28 bits per heavy atom. The molecule has 3 aromatic rings. The highest BCUT2D eigenvalue weighted by Crippen LogP contribution is 2.23. The summed E-state index contributed by atoms with van der Waals surface area (Å²) in [7, 11) is 0. The number of halogens is 3. The second kappa shape index (κ2) is 7.12. The van der Waals surface area contributed by atoms with Crippen molar-refractivity contribution in [2.75, 3.05) is 5.32 Å². The van der Waals surface area contributed by atoms with Crippen molar-refractivity contribution < 1.29 is 27.1 Å². The Morgan fingerprint density at radius 1 is 0.960 bits per heavy atom. The van der Waals surface area contributed by atoms with Gasteiger partial charge in [0.15, 0.2) is 5.76 Å². The molecule has 1 amide bonds. The predicted molar refractivity (Wildman–Crippen MR) is 85.1 cm³/mol. The minimum atomic E-state index is -2.91. The van der Waals surface area contributed by atoms with Crippen LogP contribution in [0.25, 0.3) is 11.3 Å². The number of nitrogens with one attached hydrogen (secondary N) is 1. The van der Waals surface area contributed by atoms with Crippen molar-refractivity contribution in [3.8, 4) is 17.1 Å². The van der Waals surface area contributed by atoms with Crippen molar-refractivity contribution in [1.29, 1.82) is 0 Å². The number of carbonyl (C=O) groups is 1. The number of hydrogen-bond donors (Lipinski definition) is 1. The lowest BCUT2D eigenvalue weighted by atomic mass is 10.2. The first kappa shape index (κ1) is 16.6. The molecule has 1 heterocycles. The second-order valence-corrected chi connectivity index (χ2v) is 5.03. The summed E-state index contributed by atoms with van der Waals surface area (Å²) < 4.78 is 46.8. The van der Waals surface area contributed by atoms with Gasteiger partial charge in [-0.3, -0.25) is 4.79 Å². The Kier molecular flexibility index (Phi) is 4.74. The molecule has 0 aliphatic heterocycles. The first-order chi connectivity index (χ1) is 12.0. The fraction of sp³-hybridized carbons (Fsp3) is 0.0556. The fourth-order valence-electron chi connectivity index (χ4n) is 2.14. The maximum Gasteiger partial charge on any atom is 0.387 e. The predicted octanol–water partition coefficient (Wildman–Crippen LogP) is 4.94. The number of carbonyl (C=O) groups excluding carboxylic acids is 1. The van der Waals surface area contributed by atoms with E-state index in [2.05, 4.69) is 10.1 Å². The van der Waals surface area contributed by atoms with E-state index >= 15 is 0 Å². The van der Waals surface area contributed by atoms with Crippen molar-refractivity contribution >= 4 is 11.6 Å². The molecular formula is C18H12F3NO3. The number of hydrogen-bond acceptors (Lipinski definition) is 3. The van der Waals surface area contributed by atoms with Gasteiger partial charge >= 0.3 is 6.61 Å². The van der Waals surface area contributed by atoms with Crippen LogP contribution in [0.3, 0.4) is 0 Å². The van der Waals surface area contributed by atoms with E-state index in [1.165, 1.54) is 54.6 Å². The summed E-state index contributed by atoms with van der Waals surface area (Å²) in [4.78, 5) is 12.2. The van der Waals surface area contributed by atoms with Crippen LogP contribution in [0.2, 0.25) is 0 Å². The minimum absolute atomic E-state index is 0.00964. The van der Waals surface area contributed by atoms with E-state index in [1.807, 2.05) is 0 Å². The van der Waals surface area contributed by atoms with Crippen LogP contribution >= 0.6 is 0 Å². The molecule has 0 atom stereocenters. The molecule has 0 fully saturated rings. The van der Waals surface area contributed by atoms with Gasteiger partial charge in [0.1, 0.15) is 17.3 Å². The van der Waals surface area contributed by atoms with Gasteiger partial charge in [-0.2, -0.15) is 8.78 Å². The molecule has 0 saturated carbocycles. The Bertz CT molecular complexity index is 858. The molecular weight excluding hydrogens is 335 g/mol. The summed E-state index contributed by atoms with van der Waals surface area (Å²) in [5.74, 6) is -0.397. The van der Waals surface area contributed by atoms with E-state index in [9.17, 15) is 18.0 Å². The summed E-state index contributed by atoms with van der Waals surface area (Å²) >= 11 is 0. The molecule has 2 aromatic carbocycles. The van der Waals surface area contributed by atoms with Crippen molar-refractivity contribution in [3.05, 3.63) is 72.2 Å². The maximum absolute atomic E-state index is 12.9. The van der Waals surface area contributed by atoms with Gasteiger partial charge in [-0.1, -0.05) is 0 Å². The van der Waals surface area contributed by atoms with Gasteiger partial charge in [-0.25, -0.2) is 4.39 Å². The number of anilines is 1. The van der Waals surface area contributed by atoms with E-state index in [4.69, 9.17) is 4.42 Å². The maximum atomic E-state index is 12.9. The zero-order valence-electron chi connectivity index (χ0n) is 12.7. The second-order valence-electron chi connectivity index (χ2n) is 5.03. The summed E-state index contributed by atoms with van der Waals surface area (Å²) in [5.41, 5.74) is 1.03. The molecule has 0 saturated heterocycles. The van der Waals surface area contributed by atoms with Crippen LogP contribution < -0.4 is 10.1 Å². The molecule has 128 valence electrons. The molecule has 1 aromatic heterocycles. The van der Waals surface area contributed by atoms with Crippen LogP contribution in [0.5, 0.6) is 5.75 Å². The van der Waals surface area contributed by atoms with Gasteiger partial charge in [0.05, 0.1) is 0 Å². The third kappa shape index (κ3) is 4.20. The Labute approximate surface area is 140 Å². The Morgan fingerprint density at radius 2 is 1.64 bits per heavy atom. The van der Waals surface area contributed by atoms with E-state index in [0.717, 1.165) is 0 Å². The average Bonchev–Trinajstić information content (AvgIpc) is 3.07. The average molecular weight is 347 g/mol. The molecule has 0 unspecified atom stereocenters. The van der Waals surface area contributed by atoms with E-state index in [1.54, 1.807) is 6.07 Å². The van der Waals surface area contributed by atoms with Crippen molar-refractivity contribution in [3.63, 3.8) is 0 Å². The van der Waals surface area contributed by atoms with Crippen LogP contribution in [0.4, 0.5) is 18.9 Å². The fourth-order valence-corrected chi connectivity index (χ4v) is 2.14. The lowest BCUT2D eigenvalue weighted by Crippen LogP contribution is -2.10. The molecule has 0 bridgehead atoms. The first-order valence-electron chi connectivity index (χ1n) is 7.23. The summed E-state index contributed by atoms with van der Waals surface area (Å²) in [6.07, 6.45) is 0. The lowest BCUT2D eigenvalue weighted by Gasteiger charge is -2.06. The number of ether oxygens (including phenoxy) is 1. The highest BCUT2D eigenvalue weighted by Gasteiger charge is 2.13.